The number of anilines is 1. The summed E-state index contributed by atoms with van der Waals surface area (Å²) in [4.78, 5) is 5.59. The maximum absolute atomic E-state index is 4.37. The van der Waals surface area contributed by atoms with Gasteiger partial charge in [0.1, 0.15) is 5.82 Å². The number of aromatic nitrogens is 1. The molecule has 2 atom stereocenters. The standard InChI is InChI=1S/C11H16N2S/c1-8-3-5-10(8)13-11-6-4-9(14-2)7-12-11/h4,6-8,10H,3,5H2,1-2H3,(H,12,13). The van der Waals surface area contributed by atoms with Crippen LogP contribution in [-0.4, -0.2) is 17.3 Å². The molecule has 1 aliphatic rings. The fourth-order valence-corrected chi connectivity index (χ4v) is 2.02. The lowest BCUT2D eigenvalue weighted by atomic mass is 9.81. The van der Waals surface area contributed by atoms with Crippen LogP contribution >= 0.6 is 11.8 Å². The molecule has 0 aliphatic heterocycles. The Morgan fingerprint density at radius 3 is 2.71 bits per heavy atom. The van der Waals surface area contributed by atoms with Crippen molar-refractivity contribution in [2.75, 3.05) is 11.6 Å². The minimum atomic E-state index is 0.641. The Morgan fingerprint density at radius 1 is 1.43 bits per heavy atom. The highest BCUT2D eigenvalue weighted by Gasteiger charge is 2.26. The molecule has 1 N–H and O–H groups in total. The first-order chi connectivity index (χ1) is 6.79. The summed E-state index contributed by atoms with van der Waals surface area (Å²) in [6.45, 7) is 2.29. The molecular formula is C11H16N2S. The van der Waals surface area contributed by atoms with Gasteiger partial charge in [0.2, 0.25) is 0 Å². The molecule has 0 saturated heterocycles. The van der Waals surface area contributed by atoms with Gasteiger partial charge in [-0.15, -0.1) is 11.8 Å². The normalized spacial score (nSPS) is 25.6. The fraction of sp³-hybridized carbons (Fsp3) is 0.545. The second-order valence-electron chi connectivity index (χ2n) is 3.89. The zero-order valence-corrected chi connectivity index (χ0v) is 9.47. The first-order valence-electron chi connectivity index (χ1n) is 5.06. The number of nitrogens with zero attached hydrogens (tertiary/aromatic N) is 1. The molecule has 1 fully saturated rings. The molecule has 1 aliphatic carbocycles. The van der Waals surface area contributed by atoms with Crippen molar-refractivity contribution in [3.05, 3.63) is 18.3 Å². The van der Waals surface area contributed by atoms with E-state index in [4.69, 9.17) is 0 Å². The maximum Gasteiger partial charge on any atom is 0.126 e. The van der Waals surface area contributed by atoms with Gasteiger partial charge in [-0.1, -0.05) is 6.92 Å². The Morgan fingerprint density at radius 2 is 2.29 bits per heavy atom. The third kappa shape index (κ3) is 2.03. The predicted octanol–water partition coefficient (Wildman–Crippen LogP) is 3.01. The summed E-state index contributed by atoms with van der Waals surface area (Å²) in [7, 11) is 0. The molecule has 1 heterocycles. The van der Waals surface area contributed by atoms with E-state index < -0.39 is 0 Å². The molecule has 2 nitrogen and oxygen atoms in total. The Hall–Kier alpha value is -0.700. The topological polar surface area (TPSA) is 24.9 Å². The van der Waals surface area contributed by atoms with Crippen molar-refractivity contribution in [2.45, 2.75) is 30.7 Å². The van der Waals surface area contributed by atoms with E-state index in [1.165, 1.54) is 17.7 Å². The second-order valence-corrected chi connectivity index (χ2v) is 4.77. The summed E-state index contributed by atoms with van der Waals surface area (Å²) in [5.41, 5.74) is 0. The number of thioether (sulfide) groups is 1. The summed E-state index contributed by atoms with van der Waals surface area (Å²) in [6, 6.07) is 4.82. The van der Waals surface area contributed by atoms with Gasteiger partial charge in [0.25, 0.3) is 0 Å². The first kappa shape index (κ1) is 9.84. The summed E-state index contributed by atoms with van der Waals surface area (Å²) in [6.07, 6.45) is 6.63. The van der Waals surface area contributed by atoms with E-state index in [1.807, 2.05) is 6.20 Å². The largest absolute Gasteiger partial charge is 0.367 e. The molecule has 14 heavy (non-hydrogen) atoms. The monoisotopic (exact) mass is 208 g/mol. The second kappa shape index (κ2) is 4.22. The van der Waals surface area contributed by atoms with Gasteiger partial charge in [-0.2, -0.15) is 0 Å². The van der Waals surface area contributed by atoms with Gasteiger partial charge in [0, 0.05) is 17.1 Å². The average Bonchev–Trinajstić information content (AvgIpc) is 2.24. The van der Waals surface area contributed by atoms with Gasteiger partial charge in [-0.25, -0.2) is 4.98 Å². The van der Waals surface area contributed by atoms with E-state index in [9.17, 15) is 0 Å². The van der Waals surface area contributed by atoms with Crippen LogP contribution in [-0.2, 0) is 0 Å². The molecule has 1 aromatic heterocycles. The summed E-state index contributed by atoms with van der Waals surface area (Å²) in [5.74, 6) is 1.82. The Kier molecular flexibility index (Phi) is 2.96. The van der Waals surface area contributed by atoms with Crippen molar-refractivity contribution in [2.24, 2.45) is 5.92 Å². The van der Waals surface area contributed by atoms with Crippen molar-refractivity contribution < 1.29 is 0 Å². The highest BCUT2D eigenvalue weighted by Crippen LogP contribution is 2.29. The summed E-state index contributed by atoms with van der Waals surface area (Å²) < 4.78 is 0. The molecular weight excluding hydrogens is 192 g/mol. The van der Waals surface area contributed by atoms with Crippen LogP contribution in [0.5, 0.6) is 0 Å². The van der Waals surface area contributed by atoms with Crippen molar-refractivity contribution in [1.29, 1.82) is 0 Å². The summed E-state index contributed by atoms with van der Waals surface area (Å²) in [5, 5.41) is 3.46. The third-order valence-corrected chi connectivity index (χ3v) is 3.64. The molecule has 1 aromatic rings. The quantitative estimate of drug-likeness (QED) is 0.773. The Bertz CT molecular complexity index is 297. The van der Waals surface area contributed by atoms with Gasteiger partial charge >= 0.3 is 0 Å². The van der Waals surface area contributed by atoms with E-state index in [0.29, 0.717) is 6.04 Å². The number of pyridine rings is 1. The van der Waals surface area contributed by atoms with E-state index >= 15 is 0 Å². The van der Waals surface area contributed by atoms with Crippen LogP contribution in [0, 0.1) is 5.92 Å². The number of hydrogen-bond donors (Lipinski definition) is 1. The van der Waals surface area contributed by atoms with Gasteiger partial charge in [-0.05, 0) is 37.1 Å². The lowest BCUT2D eigenvalue weighted by Gasteiger charge is -2.34. The van der Waals surface area contributed by atoms with Crippen LogP contribution in [0.15, 0.2) is 23.2 Å². The molecule has 76 valence electrons. The number of nitrogens with one attached hydrogen (secondary N) is 1. The van der Waals surface area contributed by atoms with E-state index in [-0.39, 0.29) is 0 Å². The number of rotatable bonds is 3. The Balaban J connectivity index is 1.96. The van der Waals surface area contributed by atoms with Gasteiger partial charge in [0.05, 0.1) is 0 Å². The SMILES string of the molecule is CSc1ccc(NC2CCC2C)nc1. The molecule has 0 radical (unpaired) electrons. The third-order valence-electron chi connectivity index (χ3n) is 2.93. The van der Waals surface area contributed by atoms with Crippen molar-refractivity contribution in [3.8, 4) is 0 Å². The zero-order valence-electron chi connectivity index (χ0n) is 8.66. The van der Waals surface area contributed by atoms with Crippen LogP contribution in [0.1, 0.15) is 19.8 Å². The molecule has 2 rings (SSSR count). The lowest BCUT2D eigenvalue weighted by molar-refractivity contribution is 0.303. The van der Waals surface area contributed by atoms with Crippen LogP contribution in [0.3, 0.4) is 0 Å². The van der Waals surface area contributed by atoms with Crippen LogP contribution in [0.4, 0.5) is 5.82 Å². The lowest BCUT2D eigenvalue weighted by Crippen LogP contribution is -2.36. The smallest absolute Gasteiger partial charge is 0.126 e. The van der Waals surface area contributed by atoms with E-state index in [2.05, 4.69) is 35.6 Å². The predicted molar refractivity (Wildman–Crippen MR) is 61.8 cm³/mol. The molecule has 0 aromatic carbocycles. The Labute approximate surface area is 89.5 Å². The summed E-state index contributed by atoms with van der Waals surface area (Å²) >= 11 is 1.73. The molecule has 0 bridgehead atoms. The van der Waals surface area contributed by atoms with Gasteiger partial charge in [0.15, 0.2) is 0 Å². The van der Waals surface area contributed by atoms with Crippen molar-refractivity contribution in [1.82, 2.24) is 4.98 Å². The van der Waals surface area contributed by atoms with Crippen LogP contribution in [0.25, 0.3) is 0 Å². The highest BCUT2D eigenvalue weighted by molar-refractivity contribution is 7.98. The highest BCUT2D eigenvalue weighted by atomic mass is 32.2. The van der Waals surface area contributed by atoms with Crippen molar-refractivity contribution in [3.63, 3.8) is 0 Å². The van der Waals surface area contributed by atoms with E-state index in [1.54, 1.807) is 11.8 Å². The molecule has 0 amide bonds. The van der Waals surface area contributed by atoms with E-state index in [0.717, 1.165) is 11.7 Å². The molecule has 2 unspecified atom stereocenters. The molecule has 3 heteroatoms. The van der Waals surface area contributed by atoms with Crippen molar-refractivity contribution >= 4 is 17.6 Å². The zero-order chi connectivity index (χ0) is 9.97. The number of hydrogen-bond acceptors (Lipinski definition) is 3. The molecule has 0 spiro atoms. The van der Waals surface area contributed by atoms with Gasteiger partial charge < -0.3 is 5.32 Å². The first-order valence-corrected chi connectivity index (χ1v) is 6.28. The van der Waals surface area contributed by atoms with Gasteiger partial charge in [-0.3, -0.25) is 0 Å². The maximum atomic E-state index is 4.37. The van der Waals surface area contributed by atoms with Crippen LogP contribution in [0.2, 0.25) is 0 Å². The average molecular weight is 208 g/mol. The minimum absolute atomic E-state index is 0.641. The van der Waals surface area contributed by atoms with Crippen LogP contribution < -0.4 is 5.32 Å². The molecule has 1 saturated carbocycles. The fourth-order valence-electron chi connectivity index (χ4n) is 1.66. The minimum Gasteiger partial charge on any atom is -0.367 e.